The van der Waals surface area contributed by atoms with Crippen molar-refractivity contribution in [3.8, 4) is 0 Å². The molecule has 0 aliphatic carbocycles. The fourth-order valence-corrected chi connectivity index (χ4v) is 4.04. The Morgan fingerprint density at radius 3 is 2.81 bits per heavy atom. The summed E-state index contributed by atoms with van der Waals surface area (Å²) < 4.78 is 2.41. The van der Waals surface area contributed by atoms with Crippen molar-refractivity contribution in [3.63, 3.8) is 0 Å². The Labute approximate surface area is 147 Å². The molecule has 2 aromatic carbocycles. The first-order valence-corrected chi connectivity index (χ1v) is 9.18. The van der Waals surface area contributed by atoms with Gasteiger partial charge in [0.15, 0.2) is 0 Å². The molecule has 0 fully saturated rings. The van der Waals surface area contributed by atoms with Crippen molar-refractivity contribution in [2.45, 2.75) is 13.0 Å². The third-order valence-electron chi connectivity index (χ3n) is 3.51. The fourth-order valence-electron chi connectivity index (χ4n) is 2.53. The number of fused-ring (bicyclic) bond motifs is 1. The molecule has 0 spiro atoms. The van der Waals surface area contributed by atoms with Gasteiger partial charge < -0.3 is 5.32 Å². The second kappa shape index (κ2) is 6.65. The molecule has 0 radical (unpaired) electrons. The molecular weight excluding hydrogens is 413 g/mol. The third-order valence-corrected chi connectivity index (χ3v) is 6.06. The Balaban J connectivity index is 2.11. The van der Waals surface area contributed by atoms with Gasteiger partial charge in [0.25, 0.3) is 0 Å². The van der Waals surface area contributed by atoms with Gasteiger partial charge in [0.1, 0.15) is 0 Å². The molecule has 21 heavy (non-hydrogen) atoms. The molecule has 3 rings (SSSR count). The van der Waals surface area contributed by atoms with Crippen LogP contribution in [0, 0.1) is 3.57 Å². The van der Waals surface area contributed by atoms with E-state index < -0.39 is 0 Å². The minimum atomic E-state index is 0.181. The minimum absolute atomic E-state index is 0.181. The topological polar surface area (TPSA) is 12.0 Å². The van der Waals surface area contributed by atoms with Crippen molar-refractivity contribution in [3.05, 3.63) is 67.6 Å². The molecule has 3 aromatic rings. The van der Waals surface area contributed by atoms with E-state index in [1.807, 2.05) is 0 Å². The van der Waals surface area contributed by atoms with E-state index in [0.29, 0.717) is 0 Å². The van der Waals surface area contributed by atoms with Crippen molar-refractivity contribution < 1.29 is 0 Å². The molecule has 1 atom stereocenters. The predicted octanol–water partition coefficient (Wildman–Crippen LogP) is 5.86. The van der Waals surface area contributed by atoms with E-state index in [-0.39, 0.29) is 6.04 Å². The lowest BCUT2D eigenvalue weighted by atomic mass is 9.98. The Hall–Kier alpha value is -0.620. The molecule has 0 amide bonds. The van der Waals surface area contributed by atoms with Crippen LogP contribution >= 0.6 is 45.5 Å². The van der Waals surface area contributed by atoms with Crippen LogP contribution in [0.25, 0.3) is 10.1 Å². The third kappa shape index (κ3) is 3.11. The molecule has 0 aliphatic rings. The fraction of sp³-hybridized carbons (Fsp3) is 0.176. The van der Waals surface area contributed by atoms with Crippen LogP contribution in [0.15, 0.2) is 47.8 Å². The van der Waals surface area contributed by atoms with Gasteiger partial charge in [0, 0.05) is 8.27 Å². The minimum Gasteiger partial charge on any atom is -0.306 e. The lowest BCUT2D eigenvalue weighted by Gasteiger charge is -2.19. The summed E-state index contributed by atoms with van der Waals surface area (Å²) >= 11 is 10.4. The summed E-state index contributed by atoms with van der Waals surface area (Å²) in [6.45, 7) is 3.05. The van der Waals surface area contributed by atoms with Gasteiger partial charge in [-0.2, -0.15) is 0 Å². The van der Waals surface area contributed by atoms with Gasteiger partial charge in [-0.25, -0.2) is 0 Å². The number of hydrogen-bond acceptors (Lipinski definition) is 2. The Morgan fingerprint density at radius 2 is 2.05 bits per heavy atom. The van der Waals surface area contributed by atoms with Crippen LogP contribution in [-0.2, 0) is 0 Å². The van der Waals surface area contributed by atoms with Crippen molar-refractivity contribution in [2.24, 2.45) is 0 Å². The molecule has 0 saturated carbocycles. The lowest BCUT2D eigenvalue weighted by molar-refractivity contribution is 0.636. The zero-order chi connectivity index (χ0) is 14.8. The van der Waals surface area contributed by atoms with Crippen LogP contribution in [-0.4, -0.2) is 6.54 Å². The highest BCUT2D eigenvalue weighted by Gasteiger charge is 2.17. The quantitative estimate of drug-likeness (QED) is 0.514. The second-order valence-corrected chi connectivity index (χ2v) is 7.33. The van der Waals surface area contributed by atoms with Crippen molar-refractivity contribution >= 4 is 55.6 Å². The van der Waals surface area contributed by atoms with Crippen LogP contribution in [0.2, 0.25) is 5.02 Å². The number of hydrogen-bond donors (Lipinski definition) is 1. The predicted molar refractivity (Wildman–Crippen MR) is 102 cm³/mol. The van der Waals surface area contributed by atoms with Gasteiger partial charge in [-0.05, 0) is 69.2 Å². The molecule has 1 heterocycles. The van der Waals surface area contributed by atoms with Gasteiger partial charge in [-0.3, -0.25) is 0 Å². The van der Waals surface area contributed by atoms with Crippen molar-refractivity contribution in [2.75, 3.05) is 6.54 Å². The van der Waals surface area contributed by atoms with E-state index in [1.165, 1.54) is 21.2 Å². The number of benzene rings is 2. The van der Waals surface area contributed by atoms with Gasteiger partial charge in [0.05, 0.1) is 11.1 Å². The molecule has 1 aromatic heterocycles. The summed E-state index contributed by atoms with van der Waals surface area (Å²) in [6, 6.07) is 15.1. The highest BCUT2D eigenvalue weighted by Crippen LogP contribution is 2.34. The standard InChI is InChI=1S/C17H15ClINS/c1-2-20-17(11-7-8-15(19)14(18)9-11)13-10-21-16-6-4-3-5-12(13)16/h3-10,17,20H,2H2,1H3. The van der Waals surface area contributed by atoms with Gasteiger partial charge in [-0.15, -0.1) is 11.3 Å². The zero-order valence-electron chi connectivity index (χ0n) is 11.6. The van der Waals surface area contributed by atoms with Crippen LogP contribution < -0.4 is 5.32 Å². The van der Waals surface area contributed by atoms with E-state index in [9.17, 15) is 0 Å². The molecular formula is C17H15ClINS. The summed E-state index contributed by atoms with van der Waals surface area (Å²) in [5.74, 6) is 0. The molecule has 1 unspecified atom stereocenters. The first-order chi connectivity index (χ1) is 10.2. The number of rotatable bonds is 4. The SMILES string of the molecule is CCNC(c1ccc(I)c(Cl)c1)c1csc2ccccc12. The number of thiophene rings is 1. The molecule has 1 N–H and O–H groups in total. The molecule has 1 nitrogen and oxygen atoms in total. The summed E-state index contributed by atoms with van der Waals surface area (Å²) in [5, 5.41) is 7.98. The number of nitrogens with one attached hydrogen (secondary N) is 1. The van der Waals surface area contributed by atoms with Crippen molar-refractivity contribution in [1.82, 2.24) is 5.32 Å². The summed E-state index contributed by atoms with van der Waals surface area (Å²) in [7, 11) is 0. The Kier molecular flexibility index (Phi) is 4.84. The van der Waals surface area contributed by atoms with Gasteiger partial charge in [-0.1, -0.05) is 42.8 Å². The van der Waals surface area contributed by atoms with E-state index >= 15 is 0 Å². The van der Waals surface area contributed by atoms with Crippen LogP contribution in [0.4, 0.5) is 0 Å². The van der Waals surface area contributed by atoms with E-state index in [4.69, 9.17) is 11.6 Å². The summed E-state index contributed by atoms with van der Waals surface area (Å²) in [4.78, 5) is 0. The van der Waals surface area contributed by atoms with E-state index in [0.717, 1.165) is 15.1 Å². The Bertz CT molecular complexity index is 768. The molecule has 0 aliphatic heterocycles. The molecule has 0 bridgehead atoms. The largest absolute Gasteiger partial charge is 0.306 e. The molecule has 4 heteroatoms. The van der Waals surface area contributed by atoms with Crippen molar-refractivity contribution in [1.29, 1.82) is 0 Å². The highest BCUT2D eigenvalue weighted by atomic mass is 127. The lowest BCUT2D eigenvalue weighted by Crippen LogP contribution is -2.21. The van der Waals surface area contributed by atoms with E-state index in [1.54, 1.807) is 11.3 Å². The maximum absolute atomic E-state index is 6.31. The van der Waals surface area contributed by atoms with E-state index in [2.05, 4.69) is 82.7 Å². The van der Waals surface area contributed by atoms with Crippen LogP contribution in [0.3, 0.4) is 0 Å². The summed E-state index contributed by atoms with van der Waals surface area (Å²) in [6.07, 6.45) is 0. The van der Waals surface area contributed by atoms with Crippen LogP contribution in [0.1, 0.15) is 24.1 Å². The zero-order valence-corrected chi connectivity index (χ0v) is 15.3. The summed E-state index contributed by atoms with van der Waals surface area (Å²) in [5.41, 5.74) is 2.54. The smallest absolute Gasteiger partial charge is 0.0591 e. The van der Waals surface area contributed by atoms with Gasteiger partial charge in [0.2, 0.25) is 0 Å². The van der Waals surface area contributed by atoms with Crippen LogP contribution in [0.5, 0.6) is 0 Å². The number of halogens is 2. The molecule has 108 valence electrons. The maximum Gasteiger partial charge on any atom is 0.0591 e. The maximum atomic E-state index is 6.31. The van der Waals surface area contributed by atoms with Gasteiger partial charge >= 0.3 is 0 Å². The monoisotopic (exact) mass is 427 g/mol. The Morgan fingerprint density at radius 1 is 1.24 bits per heavy atom. The normalized spacial score (nSPS) is 12.7. The average Bonchev–Trinajstić information content (AvgIpc) is 2.92. The first kappa shape index (κ1) is 15.3. The molecule has 0 saturated heterocycles. The average molecular weight is 428 g/mol. The highest BCUT2D eigenvalue weighted by molar-refractivity contribution is 14.1. The first-order valence-electron chi connectivity index (χ1n) is 6.85. The second-order valence-electron chi connectivity index (χ2n) is 4.85.